The van der Waals surface area contributed by atoms with Crippen LogP contribution in [0.4, 0.5) is 0 Å². The van der Waals surface area contributed by atoms with Gasteiger partial charge >= 0.3 is 0 Å². The van der Waals surface area contributed by atoms with Crippen LogP contribution in [0.5, 0.6) is 0 Å². The lowest BCUT2D eigenvalue weighted by molar-refractivity contribution is 0.166. The minimum atomic E-state index is -0.353. The molecule has 1 aromatic rings. The first kappa shape index (κ1) is 15.0. The average Bonchev–Trinajstić information content (AvgIpc) is 3.07. The third-order valence-corrected chi connectivity index (χ3v) is 5.68. The highest BCUT2D eigenvalue weighted by Crippen LogP contribution is 2.43. The summed E-state index contributed by atoms with van der Waals surface area (Å²) in [6.45, 7) is 7.05. The fourth-order valence-corrected chi connectivity index (χ4v) is 4.04. The summed E-state index contributed by atoms with van der Waals surface area (Å²) in [5.74, 6) is 2.85. The molecular formula is C17H29N3O. The molecule has 0 radical (unpaired) electrons. The van der Waals surface area contributed by atoms with Crippen molar-refractivity contribution in [1.82, 2.24) is 10.1 Å². The third kappa shape index (κ3) is 3.01. The predicted octanol–water partition coefficient (Wildman–Crippen LogP) is 4.12. The zero-order valence-electron chi connectivity index (χ0n) is 13.7. The van der Waals surface area contributed by atoms with Crippen molar-refractivity contribution in [3.05, 3.63) is 11.7 Å². The highest BCUT2D eigenvalue weighted by Gasteiger charge is 2.38. The summed E-state index contributed by atoms with van der Waals surface area (Å²) in [4.78, 5) is 4.67. The number of nitrogens with two attached hydrogens (primary N) is 1. The van der Waals surface area contributed by atoms with Gasteiger partial charge in [0.05, 0.1) is 5.54 Å². The molecule has 118 valence electrons. The van der Waals surface area contributed by atoms with E-state index in [4.69, 9.17) is 10.3 Å². The number of rotatable bonds is 2. The van der Waals surface area contributed by atoms with Gasteiger partial charge in [-0.1, -0.05) is 38.8 Å². The van der Waals surface area contributed by atoms with Crippen LogP contribution in [0.3, 0.4) is 0 Å². The highest BCUT2D eigenvalue weighted by atomic mass is 16.5. The van der Waals surface area contributed by atoms with E-state index in [1.54, 1.807) is 0 Å². The molecule has 21 heavy (non-hydrogen) atoms. The summed E-state index contributed by atoms with van der Waals surface area (Å²) in [6.07, 6.45) is 9.20. The molecule has 2 aliphatic carbocycles. The normalized spacial score (nSPS) is 29.7. The van der Waals surface area contributed by atoms with Crippen molar-refractivity contribution in [2.75, 3.05) is 0 Å². The predicted molar refractivity (Wildman–Crippen MR) is 82.8 cm³/mol. The Kier molecular flexibility index (Phi) is 3.85. The second kappa shape index (κ2) is 5.38. The zero-order chi connectivity index (χ0) is 15.1. The molecule has 4 heteroatoms. The van der Waals surface area contributed by atoms with E-state index in [2.05, 4.69) is 30.9 Å². The first-order chi connectivity index (χ1) is 9.88. The Labute approximate surface area is 127 Å². The quantitative estimate of drug-likeness (QED) is 0.890. The average molecular weight is 291 g/mol. The molecule has 0 aliphatic heterocycles. The Morgan fingerprint density at radius 2 is 1.71 bits per heavy atom. The Morgan fingerprint density at radius 3 is 2.29 bits per heavy atom. The maximum Gasteiger partial charge on any atom is 0.246 e. The Hall–Kier alpha value is -0.900. The second-order valence-electron chi connectivity index (χ2n) is 8.24. The van der Waals surface area contributed by atoms with Crippen molar-refractivity contribution < 1.29 is 4.52 Å². The van der Waals surface area contributed by atoms with Gasteiger partial charge in [0.1, 0.15) is 0 Å². The standard InChI is InChI=1S/C17H29N3O/c1-16(2,3)13-8-6-12(7-9-13)14-19-15(21-20-14)17(18)10-4-5-11-17/h12-13H,4-11,18H2,1-3H3. The van der Waals surface area contributed by atoms with Gasteiger partial charge < -0.3 is 10.3 Å². The molecule has 2 saturated carbocycles. The van der Waals surface area contributed by atoms with Crippen LogP contribution >= 0.6 is 0 Å². The lowest BCUT2D eigenvalue weighted by atomic mass is 9.70. The molecule has 2 fully saturated rings. The number of hydrogen-bond acceptors (Lipinski definition) is 4. The van der Waals surface area contributed by atoms with E-state index in [1.165, 1.54) is 38.5 Å². The van der Waals surface area contributed by atoms with E-state index in [0.29, 0.717) is 17.2 Å². The van der Waals surface area contributed by atoms with E-state index in [-0.39, 0.29) is 5.54 Å². The summed E-state index contributed by atoms with van der Waals surface area (Å²) >= 11 is 0. The highest BCUT2D eigenvalue weighted by molar-refractivity contribution is 5.07. The molecule has 0 atom stereocenters. The van der Waals surface area contributed by atoms with Gasteiger partial charge in [-0.15, -0.1) is 0 Å². The lowest BCUT2D eigenvalue weighted by Crippen LogP contribution is -2.33. The van der Waals surface area contributed by atoms with E-state index in [0.717, 1.165) is 24.6 Å². The van der Waals surface area contributed by atoms with Crippen LogP contribution in [0.15, 0.2) is 4.52 Å². The summed E-state index contributed by atoms with van der Waals surface area (Å²) in [7, 11) is 0. The summed E-state index contributed by atoms with van der Waals surface area (Å²) < 4.78 is 5.51. The van der Waals surface area contributed by atoms with Crippen LogP contribution in [-0.2, 0) is 5.54 Å². The topological polar surface area (TPSA) is 64.9 Å². The smallest absolute Gasteiger partial charge is 0.246 e. The molecule has 0 unspecified atom stereocenters. The third-order valence-electron chi connectivity index (χ3n) is 5.68. The Morgan fingerprint density at radius 1 is 1.10 bits per heavy atom. The maximum atomic E-state index is 6.41. The van der Waals surface area contributed by atoms with Crippen LogP contribution in [0.1, 0.15) is 89.8 Å². The van der Waals surface area contributed by atoms with Crippen LogP contribution in [0.2, 0.25) is 0 Å². The molecular weight excluding hydrogens is 262 g/mol. The van der Waals surface area contributed by atoms with E-state index in [1.807, 2.05) is 0 Å². The van der Waals surface area contributed by atoms with Crippen LogP contribution < -0.4 is 5.73 Å². The fourth-order valence-electron chi connectivity index (χ4n) is 4.04. The van der Waals surface area contributed by atoms with Crippen molar-refractivity contribution in [3.63, 3.8) is 0 Å². The molecule has 4 nitrogen and oxygen atoms in total. The fraction of sp³-hybridized carbons (Fsp3) is 0.882. The SMILES string of the molecule is CC(C)(C)C1CCC(c2noc(C3(N)CCCC3)n2)CC1. The molecule has 3 rings (SSSR count). The minimum Gasteiger partial charge on any atom is -0.337 e. The van der Waals surface area contributed by atoms with Crippen LogP contribution in [0, 0.1) is 11.3 Å². The molecule has 2 N–H and O–H groups in total. The van der Waals surface area contributed by atoms with Gasteiger partial charge in [0.2, 0.25) is 5.89 Å². The summed E-state index contributed by atoms with van der Waals surface area (Å²) in [5, 5.41) is 4.25. The van der Waals surface area contributed by atoms with Crippen LogP contribution in [-0.4, -0.2) is 10.1 Å². The minimum absolute atomic E-state index is 0.353. The van der Waals surface area contributed by atoms with Crippen molar-refractivity contribution >= 4 is 0 Å². The molecule has 1 aromatic heterocycles. The van der Waals surface area contributed by atoms with E-state index < -0.39 is 0 Å². The van der Waals surface area contributed by atoms with Gasteiger partial charge in [0.15, 0.2) is 5.82 Å². The molecule has 0 aromatic carbocycles. The van der Waals surface area contributed by atoms with Crippen molar-refractivity contribution in [2.24, 2.45) is 17.1 Å². The van der Waals surface area contributed by atoms with Gasteiger partial charge in [-0.2, -0.15) is 4.98 Å². The van der Waals surface area contributed by atoms with E-state index >= 15 is 0 Å². The second-order valence-corrected chi connectivity index (χ2v) is 8.24. The van der Waals surface area contributed by atoms with Crippen LogP contribution in [0.25, 0.3) is 0 Å². The van der Waals surface area contributed by atoms with Gasteiger partial charge in [-0.3, -0.25) is 0 Å². The lowest BCUT2D eigenvalue weighted by Gasteiger charge is -2.36. The van der Waals surface area contributed by atoms with Gasteiger partial charge in [-0.05, 0) is 49.9 Å². The monoisotopic (exact) mass is 291 g/mol. The summed E-state index contributed by atoms with van der Waals surface area (Å²) in [5.41, 5.74) is 6.47. The molecule has 2 aliphatic rings. The van der Waals surface area contributed by atoms with Gasteiger partial charge in [0.25, 0.3) is 0 Å². The molecule has 0 bridgehead atoms. The van der Waals surface area contributed by atoms with Crippen molar-refractivity contribution in [3.8, 4) is 0 Å². The van der Waals surface area contributed by atoms with E-state index in [9.17, 15) is 0 Å². The van der Waals surface area contributed by atoms with Gasteiger partial charge in [-0.25, -0.2) is 0 Å². The molecule has 0 amide bonds. The van der Waals surface area contributed by atoms with Crippen molar-refractivity contribution in [1.29, 1.82) is 0 Å². The summed E-state index contributed by atoms with van der Waals surface area (Å²) in [6, 6.07) is 0. The van der Waals surface area contributed by atoms with Gasteiger partial charge in [0, 0.05) is 5.92 Å². The Bertz CT molecular complexity index is 474. The first-order valence-corrected chi connectivity index (χ1v) is 8.51. The van der Waals surface area contributed by atoms with Crippen molar-refractivity contribution in [2.45, 2.75) is 83.6 Å². The number of hydrogen-bond donors (Lipinski definition) is 1. The number of aromatic nitrogens is 2. The Balaban J connectivity index is 1.65. The first-order valence-electron chi connectivity index (χ1n) is 8.51. The molecule has 1 heterocycles. The maximum absolute atomic E-state index is 6.41. The molecule has 0 spiro atoms. The molecule has 0 saturated heterocycles. The zero-order valence-corrected chi connectivity index (χ0v) is 13.7. The largest absolute Gasteiger partial charge is 0.337 e. The number of nitrogens with zero attached hydrogens (tertiary/aromatic N) is 2.